The highest BCUT2D eigenvalue weighted by Gasteiger charge is 2.18. The summed E-state index contributed by atoms with van der Waals surface area (Å²) >= 11 is 3.04. The molecule has 6 heteroatoms. The Morgan fingerprint density at radius 2 is 1.92 bits per heavy atom. The molecule has 3 aromatic rings. The first-order chi connectivity index (χ1) is 11.5. The highest BCUT2D eigenvalue weighted by atomic mass is 32.2. The Morgan fingerprint density at radius 3 is 2.62 bits per heavy atom. The zero-order valence-electron chi connectivity index (χ0n) is 14.1. The maximum atomic E-state index is 12.6. The van der Waals surface area contributed by atoms with Gasteiger partial charge in [-0.3, -0.25) is 4.79 Å². The highest BCUT2D eigenvalue weighted by Crippen LogP contribution is 2.31. The van der Waals surface area contributed by atoms with Crippen LogP contribution in [0, 0.1) is 20.8 Å². The summed E-state index contributed by atoms with van der Waals surface area (Å²) in [6.07, 6.45) is 1.56. The minimum Gasteiger partial charge on any atom is -0.325 e. The molecule has 0 spiro atoms. The van der Waals surface area contributed by atoms with Crippen molar-refractivity contribution in [2.24, 2.45) is 0 Å². The van der Waals surface area contributed by atoms with Crippen LogP contribution in [-0.4, -0.2) is 21.1 Å². The fourth-order valence-corrected chi connectivity index (χ4v) is 4.38. The van der Waals surface area contributed by atoms with E-state index in [4.69, 9.17) is 0 Å². The smallest absolute Gasteiger partial charge is 0.237 e. The van der Waals surface area contributed by atoms with Crippen molar-refractivity contribution in [3.63, 3.8) is 0 Å². The second kappa shape index (κ2) is 6.91. The van der Waals surface area contributed by atoms with E-state index < -0.39 is 0 Å². The summed E-state index contributed by atoms with van der Waals surface area (Å²) in [4.78, 5) is 22.1. The SMILES string of the molecule is Cc1cc(C)c(NC(=O)[C@H](C)Sc2ncnc3sccc23)c(C)c1. The van der Waals surface area contributed by atoms with Crippen LogP contribution >= 0.6 is 23.1 Å². The minimum atomic E-state index is -0.247. The molecule has 0 aliphatic heterocycles. The van der Waals surface area contributed by atoms with Crippen molar-refractivity contribution in [1.29, 1.82) is 0 Å². The van der Waals surface area contributed by atoms with Gasteiger partial charge in [-0.05, 0) is 50.3 Å². The fraction of sp³-hybridized carbons (Fsp3) is 0.278. The van der Waals surface area contributed by atoms with Crippen LogP contribution in [0.2, 0.25) is 0 Å². The van der Waals surface area contributed by atoms with Crippen LogP contribution in [0.5, 0.6) is 0 Å². The average Bonchev–Trinajstić information content (AvgIpc) is 3.00. The zero-order valence-corrected chi connectivity index (χ0v) is 15.7. The van der Waals surface area contributed by atoms with Crippen LogP contribution in [0.25, 0.3) is 10.2 Å². The topological polar surface area (TPSA) is 54.9 Å². The molecule has 2 aromatic heterocycles. The van der Waals surface area contributed by atoms with Gasteiger partial charge in [-0.25, -0.2) is 9.97 Å². The molecule has 0 saturated carbocycles. The van der Waals surface area contributed by atoms with E-state index in [0.29, 0.717) is 0 Å². The molecule has 1 atom stereocenters. The molecule has 0 radical (unpaired) electrons. The predicted octanol–water partition coefficient (Wildman–Crippen LogP) is 4.74. The lowest BCUT2D eigenvalue weighted by molar-refractivity contribution is -0.115. The number of thioether (sulfide) groups is 1. The summed E-state index contributed by atoms with van der Waals surface area (Å²) in [5.74, 6) is -0.0166. The number of nitrogens with one attached hydrogen (secondary N) is 1. The number of hydrogen-bond donors (Lipinski definition) is 1. The first kappa shape index (κ1) is 16.9. The molecule has 0 fully saturated rings. The van der Waals surface area contributed by atoms with Crippen LogP contribution in [-0.2, 0) is 4.79 Å². The highest BCUT2D eigenvalue weighted by molar-refractivity contribution is 8.00. The Kier molecular flexibility index (Phi) is 4.87. The van der Waals surface area contributed by atoms with E-state index in [9.17, 15) is 4.79 Å². The van der Waals surface area contributed by atoms with E-state index in [2.05, 4.69) is 34.3 Å². The number of aryl methyl sites for hydroxylation is 3. The monoisotopic (exact) mass is 357 g/mol. The van der Waals surface area contributed by atoms with Gasteiger partial charge in [0.1, 0.15) is 16.2 Å². The molecule has 2 heterocycles. The van der Waals surface area contributed by atoms with Gasteiger partial charge < -0.3 is 5.32 Å². The lowest BCUT2D eigenvalue weighted by atomic mass is 10.1. The number of aromatic nitrogens is 2. The van der Waals surface area contributed by atoms with Crippen LogP contribution < -0.4 is 5.32 Å². The fourth-order valence-electron chi connectivity index (χ4n) is 2.68. The van der Waals surface area contributed by atoms with Crippen LogP contribution in [0.3, 0.4) is 0 Å². The number of rotatable bonds is 4. The first-order valence-electron chi connectivity index (χ1n) is 7.69. The second-order valence-electron chi connectivity index (χ2n) is 5.84. The van der Waals surface area contributed by atoms with E-state index in [1.807, 2.05) is 32.2 Å². The third-order valence-electron chi connectivity index (χ3n) is 3.81. The summed E-state index contributed by atoms with van der Waals surface area (Å²) in [6.45, 7) is 8.00. The molecular weight excluding hydrogens is 338 g/mol. The van der Waals surface area contributed by atoms with Gasteiger partial charge in [0.05, 0.1) is 5.25 Å². The van der Waals surface area contributed by atoms with Crippen LogP contribution in [0.15, 0.2) is 34.9 Å². The normalized spacial score (nSPS) is 12.3. The molecule has 24 heavy (non-hydrogen) atoms. The van der Waals surface area contributed by atoms with Crippen molar-refractivity contribution >= 4 is 44.9 Å². The van der Waals surface area contributed by atoms with Crippen LogP contribution in [0.1, 0.15) is 23.6 Å². The first-order valence-corrected chi connectivity index (χ1v) is 9.45. The molecule has 0 saturated heterocycles. The number of amides is 1. The Balaban J connectivity index is 1.77. The molecule has 0 unspecified atom stereocenters. The van der Waals surface area contributed by atoms with Crippen molar-refractivity contribution in [2.45, 2.75) is 38.0 Å². The third kappa shape index (κ3) is 3.44. The Morgan fingerprint density at radius 1 is 1.21 bits per heavy atom. The number of thiophene rings is 1. The molecule has 4 nitrogen and oxygen atoms in total. The predicted molar refractivity (Wildman–Crippen MR) is 102 cm³/mol. The lowest BCUT2D eigenvalue weighted by Crippen LogP contribution is -2.23. The molecule has 0 bridgehead atoms. The summed E-state index contributed by atoms with van der Waals surface area (Å²) in [6, 6.07) is 6.17. The number of nitrogens with zero attached hydrogens (tertiary/aromatic N) is 2. The van der Waals surface area contributed by atoms with Gasteiger partial charge in [0.15, 0.2) is 0 Å². The summed E-state index contributed by atoms with van der Waals surface area (Å²) in [5, 5.41) is 6.67. The van der Waals surface area contributed by atoms with E-state index in [-0.39, 0.29) is 11.2 Å². The van der Waals surface area contributed by atoms with Gasteiger partial charge in [-0.15, -0.1) is 11.3 Å². The van der Waals surface area contributed by atoms with Crippen molar-refractivity contribution in [3.05, 3.63) is 46.6 Å². The number of benzene rings is 1. The Bertz CT molecular complexity index is 881. The summed E-state index contributed by atoms with van der Waals surface area (Å²) < 4.78 is 0. The zero-order chi connectivity index (χ0) is 17.3. The van der Waals surface area contributed by atoms with Crippen LogP contribution in [0.4, 0.5) is 5.69 Å². The molecule has 124 valence electrons. The quantitative estimate of drug-likeness (QED) is 0.541. The van der Waals surface area contributed by atoms with Crippen molar-refractivity contribution < 1.29 is 4.79 Å². The number of fused-ring (bicyclic) bond motifs is 1. The third-order valence-corrected chi connectivity index (χ3v) is 5.74. The molecule has 1 aromatic carbocycles. The van der Waals surface area contributed by atoms with E-state index >= 15 is 0 Å². The average molecular weight is 358 g/mol. The second-order valence-corrected chi connectivity index (χ2v) is 8.07. The van der Waals surface area contributed by atoms with Gasteiger partial charge in [0.25, 0.3) is 0 Å². The maximum Gasteiger partial charge on any atom is 0.237 e. The van der Waals surface area contributed by atoms with Crippen molar-refractivity contribution in [1.82, 2.24) is 9.97 Å². The Hall–Kier alpha value is -1.92. The molecule has 0 aliphatic carbocycles. The molecule has 1 N–H and O–H groups in total. The van der Waals surface area contributed by atoms with Gasteiger partial charge in [0.2, 0.25) is 5.91 Å². The summed E-state index contributed by atoms with van der Waals surface area (Å²) in [5.41, 5.74) is 4.27. The van der Waals surface area contributed by atoms with E-state index in [1.54, 1.807) is 17.7 Å². The largest absolute Gasteiger partial charge is 0.325 e. The van der Waals surface area contributed by atoms with Crippen molar-refractivity contribution in [3.8, 4) is 0 Å². The Labute approximate surface area is 149 Å². The maximum absolute atomic E-state index is 12.6. The standard InChI is InChI=1S/C18H19N3OS2/c1-10-7-11(2)15(12(3)8-10)21-16(22)13(4)24-18-14-5-6-23-17(14)19-9-20-18/h5-9,13H,1-4H3,(H,21,22)/t13-/m0/s1. The molecular formula is C18H19N3OS2. The van der Waals surface area contributed by atoms with Gasteiger partial charge in [0, 0.05) is 11.1 Å². The van der Waals surface area contributed by atoms with Gasteiger partial charge >= 0.3 is 0 Å². The van der Waals surface area contributed by atoms with E-state index in [1.165, 1.54) is 17.3 Å². The van der Waals surface area contributed by atoms with Gasteiger partial charge in [-0.1, -0.05) is 29.5 Å². The number of hydrogen-bond acceptors (Lipinski definition) is 5. The molecule has 3 rings (SSSR count). The lowest BCUT2D eigenvalue weighted by Gasteiger charge is -2.16. The molecule has 0 aliphatic rings. The van der Waals surface area contributed by atoms with Gasteiger partial charge in [-0.2, -0.15) is 0 Å². The molecule has 1 amide bonds. The van der Waals surface area contributed by atoms with Crippen molar-refractivity contribution in [2.75, 3.05) is 5.32 Å². The minimum absolute atomic E-state index is 0.0166. The van der Waals surface area contributed by atoms with E-state index in [0.717, 1.165) is 32.1 Å². The summed E-state index contributed by atoms with van der Waals surface area (Å²) in [7, 11) is 0. The number of carbonyl (C=O) groups is 1. The number of carbonyl (C=O) groups excluding carboxylic acids is 1. The number of anilines is 1.